The fourth-order valence-electron chi connectivity index (χ4n) is 0.888. The Morgan fingerprint density at radius 2 is 2.50 bits per heavy atom. The minimum atomic E-state index is 0.590. The Labute approximate surface area is 59.4 Å². The smallest absolute Gasteiger partial charge is 0.263 e. The third kappa shape index (κ3) is 0.866. The summed E-state index contributed by atoms with van der Waals surface area (Å²) in [6.07, 6.45) is 0. The van der Waals surface area contributed by atoms with E-state index in [-0.39, 0.29) is 0 Å². The predicted octanol–water partition coefficient (Wildman–Crippen LogP) is 1.52. The van der Waals surface area contributed by atoms with E-state index in [9.17, 15) is 0 Å². The van der Waals surface area contributed by atoms with Crippen LogP contribution in [0.1, 0.15) is 5.56 Å². The molecule has 1 aliphatic heterocycles. The van der Waals surface area contributed by atoms with Crippen molar-refractivity contribution in [3.05, 3.63) is 36.6 Å². The molecule has 0 spiro atoms. The number of hydrogen-bond acceptors (Lipinski definition) is 2. The van der Waals surface area contributed by atoms with Gasteiger partial charge in [0.05, 0.1) is 6.61 Å². The van der Waals surface area contributed by atoms with Crippen molar-refractivity contribution in [2.45, 2.75) is 6.61 Å². The van der Waals surface area contributed by atoms with Crippen molar-refractivity contribution in [1.29, 1.82) is 0 Å². The topological polar surface area (TPSA) is 18.5 Å². The molecule has 50 valence electrons. The maximum absolute atomic E-state index is 5.06. The van der Waals surface area contributed by atoms with Crippen molar-refractivity contribution in [2.24, 2.45) is 0 Å². The van der Waals surface area contributed by atoms with Crippen molar-refractivity contribution in [3.63, 3.8) is 0 Å². The van der Waals surface area contributed by atoms with Gasteiger partial charge in [-0.2, -0.15) is 0 Å². The molecule has 1 aromatic rings. The number of fused-ring (bicyclic) bond motifs is 1. The van der Waals surface area contributed by atoms with Gasteiger partial charge in [-0.3, -0.25) is 0 Å². The lowest BCUT2D eigenvalue weighted by Crippen LogP contribution is -2.05. The van der Waals surface area contributed by atoms with Crippen LogP contribution >= 0.6 is 0 Å². The van der Waals surface area contributed by atoms with E-state index in [4.69, 9.17) is 9.47 Å². The van der Waals surface area contributed by atoms with Crippen molar-refractivity contribution in [3.8, 4) is 5.75 Å². The molecule has 0 unspecified atom stereocenters. The monoisotopic (exact) mass is 134 g/mol. The summed E-state index contributed by atoms with van der Waals surface area (Å²) in [6, 6.07) is 8.50. The fourth-order valence-corrected chi connectivity index (χ4v) is 0.888. The molecule has 2 rings (SSSR count). The third-order valence-electron chi connectivity index (χ3n) is 1.39. The molecule has 1 heterocycles. The average molecular weight is 134 g/mol. The molecule has 1 aromatic carbocycles. The lowest BCUT2D eigenvalue weighted by atomic mass is 10.2. The molecule has 0 aliphatic carbocycles. The van der Waals surface area contributed by atoms with Crippen LogP contribution in [0.3, 0.4) is 0 Å². The van der Waals surface area contributed by atoms with Gasteiger partial charge in [-0.25, -0.2) is 0 Å². The lowest BCUT2D eigenvalue weighted by Gasteiger charge is -2.15. The molecule has 2 nitrogen and oxygen atoms in total. The van der Waals surface area contributed by atoms with Crippen LogP contribution < -0.4 is 4.74 Å². The number of rotatable bonds is 0. The van der Waals surface area contributed by atoms with E-state index in [0.29, 0.717) is 6.61 Å². The van der Waals surface area contributed by atoms with Crippen LogP contribution in [0, 0.1) is 12.9 Å². The standard InChI is InChI=1S/C8H6O2/c1-2-4-8-7(3-1)5-9-6-10-8/h2-4,6H,5H2. The average Bonchev–Trinajstić information content (AvgIpc) is 2.05. The van der Waals surface area contributed by atoms with E-state index in [1.165, 1.54) is 6.79 Å². The Bertz CT molecular complexity index is 207. The van der Waals surface area contributed by atoms with Crippen molar-refractivity contribution in [1.82, 2.24) is 0 Å². The Kier molecular flexibility index (Phi) is 1.32. The maximum Gasteiger partial charge on any atom is 0.263 e. The highest BCUT2D eigenvalue weighted by molar-refractivity contribution is 5.33. The minimum Gasteiger partial charge on any atom is -0.458 e. The number of hydrogen-bond donors (Lipinski definition) is 0. The molecule has 0 N–H and O–H groups in total. The molecular formula is C8H6O2. The van der Waals surface area contributed by atoms with E-state index in [1.54, 1.807) is 0 Å². The zero-order valence-corrected chi connectivity index (χ0v) is 5.33. The summed E-state index contributed by atoms with van der Waals surface area (Å²) >= 11 is 0. The molecule has 0 amide bonds. The highest BCUT2D eigenvalue weighted by atomic mass is 16.7. The van der Waals surface area contributed by atoms with Crippen molar-refractivity contribution in [2.75, 3.05) is 0 Å². The highest BCUT2D eigenvalue weighted by Crippen LogP contribution is 2.23. The minimum absolute atomic E-state index is 0.590. The van der Waals surface area contributed by atoms with E-state index >= 15 is 0 Å². The van der Waals surface area contributed by atoms with Gasteiger partial charge in [-0.05, 0) is 18.2 Å². The van der Waals surface area contributed by atoms with Gasteiger partial charge in [0.15, 0.2) is 0 Å². The summed E-state index contributed by atoms with van der Waals surface area (Å²) in [6.45, 7) is 1.94. The zero-order valence-electron chi connectivity index (χ0n) is 5.33. The normalized spacial score (nSPS) is 15.6. The summed E-state index contributed by atoms with van der Waals surface area (Å²) in [5.74, 6) is 0.866. The molecule has 0 fully saturated rings. The molecule has 1 aliphatic rings. The summed E-state index contributed by atoms with van der Waals surface area (Å²) in [5, 5.41) is 0. The molecule has 0 saturated carbocycles. The second kappa shape index (κ2) is 2.31. The molecule has 2 radical (unpaired) electrons. The van der Waals surface area contributed by atoms with Gasteiger partial charge in [-0.1, -0.05) is 6.07 Å². The largest absolute Gasteiger partial charge is 0.458 e. The second-order valence-corrected chi connectivity index (χ2v) is 2.06. The van der Waals surface area contributed by atoms with E-state index in [0.717, 1.165) is 11.3 Å². The maximum atomic E-state index is 5.06. The number of ether oxygens (including phenoxy) is 2. The van der Waals surface area contributed by atoms with E-state index < -0.39 is 0 Å². The first-order valence-electron chi connectivity index (χ1n) is 3.06. The second-order valence-electron chi connectivity index (χ2n) is 2.06. The van der Waals surface area contributed by atoms with Gasteiger partial charge in [0.25, 0.3) is 6.79 Å². The van der Waals surface area contributed by atoms with Gasteiger partial charge >= 0.3 is 0 Å². The van der Waals surface area contributed by atoms with Gasteiger partial charge in [0.1, 0.15) is 5.75 Å². The van der Waals surface area contributed by atoms with Crippen LogP contribution in [-0.2, 0) is 11.3 Å². The Hall–Kier alpha value is -1.02. The first kappa shape index (κ1) is 5.74. The van der Waals surface area contributed by atoms with Crippen molar-refractivity contribution >= 4 is 0 Å². The summed E-state index contributed by atoms with van der Waals surface area (Å²) in [7, 11) is 0. The molecule has 0 aromatic heterocycles. The van der Waals surface area contributed by atoms with Crippen LogP contribution in [0.4, 0.5) is 0 Å². The van der Waals surface area contributed by atoms with Crippen molar-refractivity contribution < 1.29 is 9.47 Å². The van der Waals surface area contributed by atoms with Crippen LogP contribution in [0.2, 0.25) is 0 Å². The van der Waals surface area contributed by atoms with Gasteiger partial charge in [0, 0.05) is 5.56 Å². The summed E-state index contributed by atoms with van der Waals surface area (Å²) < 4.78 is 9.98. The third-order valence-corrected chi connectivity index (χ3v) is 1.39. The number of benzene rings is 1. The van der Waals surface area contributed by atoms with Crippen LogP contribution in [0.5, 0.6) is 5.75 Å². The molecule has 0 atom stereocenters. The van der Waals surface area contributed by atoms with E-state index in [2.05, 4.69) is 6.07 Å². The quantitative estimate of drug-likeness (QED) is 0.535. The Morgan fingerprint density at radius 1 is 1.50 bits per heavy atom. The van der Waals surface area contributed by atoms with Crippen LogP contribution in [-0.4, -0.2) is 0 Å². The molecule has 10 heavy (non-hydrogen) atoms. The first-order chi connectivity index (χ1) is 4.97. The SMILES string of the molecule is [c]1ccc2c(c1)CO[CH]O2. The highest BCUT2D eigenvalue weighted by Gasteiger charge is 2.08. The van der Waals surface area contributed by atoms with Crippen LogP contribution in [0.25, 0.3) is 0 Å². The fraction of sp³-hybridized carbons (Fsp3) is 0.125. The lowest BCUT2D eigenvalue weighted by molar-refractivity contribution is 0.0577. The van der Waals surface area contributed by atoms with Gasteiger partial charge in [0.2, 0.25) is 0 Å². The first-order valence-corrected chi connectivity index (χ1v) is 3.06. The summed E-state index contributed by atoms with van der Waals surface area (Å²) in [4.78, 5) is 0. The Morgan fingerprint density at radius 3 is 3.40 bits per heavy atom. The summed E-state index contributed by atoms with van der Waals surface area (Å²) in [5.41, 5.74) is 1.05. The van der Waals surface area contributed by atoms with Gasteiger partial charge in [-0.15, -0.1) is 0 Å². The zero-order chi connectivity index (χ0) is 6.81. The molecule has 2 heteroatoms. The molecule has 0 bridgehead atoms. The van der Waals surface area contributed by atoms with Crippen LogP contribution in [0.15, 0.2) is 18.2 Å². The van der Waals surface area contributed by atoms with Gasteiger partial charge < -0.3 is 9.47 Å². The molecule has 0 saturated heterocycles. The Balaban J connectivity index is 2.41. The van der Waals surface area contributed by atoms with E-state index in [1.807, 2.05) is 18.2 Å². The molecular weight excluding hydrogens is 128 g/mol. The predicted molar refractivity (Wildman–Crippen MR) is 35.0 cm³/mol.